The van der Waals surface area contributed by atoms with Gasteiger partial charge in [-0.3, -0.25) is 0 Å². The predicted molar refractivity (Wildman–Crippen MR) is 193 cm³/mol. The second-order valence-electron chi connectivity index (χ2n) is 12.7. The van der Waals surface area contributed by atoms with E-state index in [0.29, 0.717) is 0 Å². The molecule has 0 bridgehead atoms. The molecule has 0 amide bonds. The predicted octanol–water partition coefficient (Wildman–Crippen LogP) is 12.7. The van der Waals surface area contributed by atoms with E-state index in [1.165, 1.54) is 154 Å². The van der Waals surface area contributed by atoms with E-state index in [1.54, 1.807) is 0 Å². The van der Waals surface area contributed by atoms with Crippen LogP contribution in [-0.2, 0) is 0 Å². The molecule has 0 aromatic carbocycles. The van der Waals surface area contributed by atoms with Crippen molar-refractivity contribution in [3.8, 4) is 0 Å². The molecule has 0 aromatic rings. The molecule has 0 rings (SSSR count). The van der Waals surface area contributed by atoms with Gasteiger partial charge < -0.3 is 10.6 Å². The Morgan fingerprint density at radius 2 is 0.786 bits per heavy atom. The highest BCUT2D eigenvalue weighted by atomic mass is 15.1. The minimum atomic E-state index is 0.727. The molecule has 0 fully saturated rings. The molecule has 0 aliphatic carbocycles. The van der Waals surface area contributed by atoms with E-state index >= 15 is 0 Å². The highest BCUT2D eigenvalue weighted by Gasteiger charge is 2.13. The fraction of sp³-hybridized carbons (Fsp3) is 0.800. The van der Waals surface area contributed by atoms with Gasteiger partial charge in [-0.2, -0.15) is 0 Å². The van der Waals surface area contributed by atoms with Crippen molar-refractivity contribution in [3.05, 3.63) is 48.6 Å². The smallest absolute Gasteiger partial charge is 0.0104 e. The van der Waals surface area contributed by atoms with Gasteiger partial charge in [0, 0.05) is 19.1 Å². The number of rotatable bonds is 33. The Hall–Kier alpha value is -1.12. The average molecular weight is 585 g/mol. The van der Waals surface area contributed by atoms with E-state index in [2.05, 4.69) is 74.4 Å². The molecular weight excluding hydrogens is 508 g/mol. The molecule has 0 saturated carbocycles. The first-order chi connectivity index (χ1) is 20.8. The highest BCUT2D eigenvalue weighted by Crippen LogP contribution is 2.18. The molecule has 0 radical (unpaired) electrons. The zero-order valence-electron chi connectivity index (χ0n) is 29.0. The van der Waals surface area contributed by atoms with Crippen LogP contribution in [0.15, 0.2) is 48.6 Å². The van der Waals surface area contributed by atoms with Crippen molar-refractivity contribution in [1.82, 2.24) is 4.90 Å². The lowest BCUT2D eigenvalue weighted by Gasteiger charge is -2.28. The van der Waals surface area contributed by atoms with Crippen molar-refractivity contribution in [2.45, 2.75) is 187 Å². The summed E-state index contributed by atoms with van der Waals surface area (Å²) in [5.74, 6) is 0. The summed E-state index contributed by atoms with van der Waals surface area (Å²) in [7, 11) is 2.29. The SMILES string of the molecule is CCCCC/C=C\C/C=C\CCCCCCCCC(CCCCCCCC/C=C\C/C=C\CCCCC)N(C)CCN. The van der Waals surface area contributed by atoms with E-state index < -0.39 is 0 Å². The topological polar surface area (TPSA) is 29.3 Å². The molecule has 2 nitrogen and oxygen atoms in total. The normalized spacial score (nSPS) is 12.6. The number of likely N-dealkylation sites (N-methyl/N-ethyl adjacent to an activating group) is 1. The molecule has 0 heterocycles. The van der Waals surface area contributed by atoms with Gasteiger partial charge in [-0.25, -0.2) is 0 Å². The van der Waals surface area contributed by atoms with Crippen LogP contribution in [-0.4, -0.2) is 31.1 Å². The quantitative estimate of drug-likeness (QED) is 0.0614. The first kappa shape index (κ1) is 40.9. The van der Waals surface area contributed by atoms with Gasteiger partial charge in [0.25, 0.3) is 0 Å². The summed E-state index contributed by atoms with van der Waals surface area (Å²) < 4.78 is 0. The summed E-state index contributed by atoms with van der Waals surface area (Å²) in [6.45, 7) is 6.36. The van der Waals surface area contributed by atoms with Gasteiger partial charge in [-0.15, -0.1) is 0 Å². The lowest BCUT2D eigenvalue weighted by atomic mass is 9.98. The lowest BCUT2D eigenvalue weighted by Crippen LogP contribution is -2.35. The fourth-order valence-electron chi connectivity index (χ4n) is 5.71. The molecule has 0 saturated heterocycles. The molecule has 0 unspecified atom stereocenters. The zero-order valence-corrected chi connectivity index (χ0v) is 29.0. The standard InChI is InChI=1S/C40H76N2/c1-4-6-8-10-12-14-16-18-20-22-24-26-28-30-32-34-36-40(42(3)39-38-41)37-35-33-31-29-27-25-23-21-19-17-15-13-11-9-7-5-2/h12-15,18-21,40H,4-11,16-17,22-39,41H2,1-3H3/b14-12-,15-13-,20-18-,21-19-. The van der Waals surface area contributed by atoms with Gasteiger partial charge >= 0.3 is 0 Å². The van der Waals surface area contributed by atoms with Crippen LogP contribution in [0.2, 0.25) is 0 Å². The second kappa shape index (κ2) is 36.1. The largest absolute Gasteiger partial charge is 0.329 e. The number of nitrogens with zero attached hydrogens (tertiary/aromatic N) is 1. The fourth-order valence-corrected chi connectivity index (χ4v) is 5.71. The van der Waals surface area contributed by atoms with Crippen molar-refractivity contribution in [3.63, 3.8) is 0 Å². The minimum Gasteiger partial charge on any atom is -0.329 e. The Kier molecular flexibility index (Phi) is 35.1. The molecular formula is C40H76N2. The molecule has 0 aliphatic rings. The van der Waals surface area contributed by atoms with Crippen LogP contribution in [0, 0.1) is 0 Å². The Balaban J connectivity index is 3.73. The van der Waals surface area contributed by atoms with Gasteiger partial charge in [0.1, 0.15) is 0 Å². The maximum atomic E-state index is 5.89. The number of hydrogen-bond donors (Lipinski definition) is 1. The number of hydrogen-bond acceptors (Lipinski definition) is 2. The monoisotopic (exact) mass is 585 g/mol. The molecule has 0 spiro atoms. The van der Waals surface area contributed by atoms with E-state index in [-0.39, 0.29) is 0 Å². The molecule has 2 N–H and O–H groups in total. The number of nitrogens with two attached hydrogens (primary N) is 1. The van der Waals surface area contributed by atoms with E-state index in [4.69, 9.17) is 5.73 Å². The van der Waals surface area contributed by atoms with Gasteiger partial charge in [-0.05, 0) is 84.1 Å². The first-order valence-electron chi connectivity index (χ1n) is 18.8. The Bertz CT molecular complexity index is 569. The maximum absolute atomic E-state index is 5.89. The van der Waals surface area contributed by atoms with Crippen LogP contribution in [0.25, 0.3) is 0 Å². The van der Waals surface area contributed by atoms with Crippen LogP contribution >= 0.6 is 0 Å². The van der Waals surface area contributed by atoms with Crippen molar-refractivity contribution in [2.75, 3.05) is 20.1 Å². The molecule has 0 aliphatic heterocycles. The van der Waals surface area contributed by atoms with E-state index in [9.17, 15) is 0 Å². The van der Waals surface area contributed by atoms with Crippen molar-refractivity contribution in [1.29, 1.82) is 0 Å². The summed E-state index contributed by atoms with van der Waals surface area (Å²) in [6, 6.07) is 0.727. The third-order valence-corrected chi connectivity index (χ3v) is 8.58. The summed E-state index contributed by atoms with van der Waals surface area (Å²) in [5.41, 5.74) is 5.89. The highest BCUT2D eigenvalue weighted by molar-refractivity contribution is 4.93. The molecule has 246 valence electrons. The molecule has 0 aromatic heterocycles. The van der Waals surface area contributed by atoms with Crippen molar-refractivity contribution >= 4 is 0 Å². The van der Waals surface area contributed by atoms with Crippen LogP contribution in [0.5, 0.6) is 0 Å². The number of allylic oxidation sites excluding steroid dienone is 8. The third kappa shape index (κ3) is 31.8. The summed E-state index contributed by atoms with van der Waals surface area (Å²) in [4.78, 5) is 2.54. The van der Waals surface area contributed by atoms with Gasteiger partial charge in [0.2, 0.25) is 0 Å². The molecule has 0 atom stereocenters. The van der Waals surface area contributed by atoms with Crippen LogP contribution < -0.4 is 5.73 Å². The average Bonchev–Trinajstić information content (AvgIpc) is 2.99. The molecule has 2 heteroatoms. The van der Waals surface area contributed by atoms with Crippen LogP contribution in [0.3, 0.4) is 0 Å². The Morgan fingerprint density at radius 3 is 1.14 bits per heavy atom. The first-order valence-corrected chi connectivity index (χ1v) is 18.8. The minimum absolute atomic E-state index is 0.727. The van der Waals surface area contributed by atoms with Crippen molar-refractivity contribution < 1.29 is 0 Å². The van der Waals surface area contributed by atoms with Crippen LogP contribution in [0.4, 0.5) is 0 Å². The molecule has 42 heavy (non-hydrogen) atoms. The van der Waals surface area contributed by atoms with E-state index in [1.807, 2.05) is 0 Å². The number of unbranched alkanes of at least 4 members (excludes halogenated alkanes) is 18. The van der Waals surface area contributed by atoms with Gasteiger partial charge in [0.15, 0.2) is 0 Å². The summed E-state index contributed by atoms with van der Waals surface area (Å²) in [5, 5.41) is 0. The van der Waals surface area contributed by atoms with Crippen LogP contribution in [0.1, 0.15) is 181 Å². The van der Waals surface area contributed by atoms with E-state index in [0.717, 1.165) is 32.0 Å². The Labute approximate surface area is 265 Å². The summed E-state index contributed by atoms with van der Waals surface area (Å²) >= 11 is 0. The summed E-state index contributed by atoms with van der Waals surface area (Å²) in [6.07, 6.45) is 53.5. The van der Waals surface area contributed by atoms with Crippen molar-refractivity contribution in [2.24, 2.45) is 5.73 Å². The van der Waals surface area contributed by atoms with Gasteiger partial charge in [-0.1, -0.05) is 152 Å². The Morgan fingerprint density at radius 1 is 0.452 bits per heavy atom. The van der Waals surface area contributed by atoms with Gasteiger partial charge in [0.05, 0.1) is 0 Å². The maximum Gasteiger partial charge on any atom is 0.0104 e. The lowest BCUT2D eigenvalue weighted by molar-refractivity contribution is 0.214. The second-order valence-corrected chi connectivity index (χ2v) is 12.7. The third-order valence-electron chi connectivity index (χ3n) is 8.58. The zero-order chi connectivity index (χ0) is 30.6.